The zero-order valence-corrected chi connectivity index (χ0v) is 10.0. The van der Waals surface area contributed by atoms with Gasteiger partial charge in [-0.15, -0.1) is 0 Å². The third-order valence-electron chi connectivity index (χ3n) is 2.91. The Morgan fingerprint density at radius 3 is 2.75 bits per heavy atom. The summed E-state index contributed by atoms with van der Waals surface area (Å²) in [5.74, 6) is 0.609. The molecular weight excluding hydrogens is 204 g/mol. The maximum Gasteiger partial charge on any atom is 0.200 e. The van der Waals surface area contributed by atoms with Gasteiger partial charge >= 0.3 is 0 Å². The lowest BCUT2D eigenvalue weighted by Gasteiger charge is -2.27. The Morgan fingerprint density at radius 1 is 1.44 bits per heavy atom. The number of nitrogen functional groups attached to an aromatic ring is 1. The smallest absolute Gasteiger partial charge is 0.200 e. The highest BCUT2D eigenvalue weighted by Gasteiger charge is 2.15. The molecule has 5 heteroatoms. The van der Waals surface area contributed by atoms with Crippen molar-refractivity contribution in [2.24, 2.45) is 0 Å². The third kappa shape index (κ3) is 2.36. The van der Waals surface area contributed by atoms with Gasteiger partial charge in [0.1, 0.15) is 0 Å². The molecule has 0 atom stereocenters. The van der Waals surface area contributed by atoms with Gasteiger partial charge in [-0.2, -0.15) is 0 Å². The normalized spacial score (nSPS) is 18.2. The molecule has 1 aliphatic rings. The van der Waals surface area contributed by atoms with E-state index < -0.39 is 0 Å². The molecule has 1 saturated heterocycles. The Kier molecular flexibility index (Phi) is 3.46. The molecule has 0 aliphatic carbocycles. The number of imidazole rings is 1. The zero-order valence-electron chi connectivity index (χ0n) is 10.0. The quantitative estimate of drug-likeness (QED) is 0.828. The lowest BCUT2D eigenvalue weighted by Crippen LogP contribution is -2.36. The molecule has 0 amide bonds. The Bertz CT molecular complexity index is 342. The minimum atomic E-state index is 0.360. The molecule has 0 radical (unpaired) electrons. The lowest BCUT2D eigenvalue weighted by molar-refractivity contribution is 0.0331. The van der Waals surface area contributed by atoms with Gasteiger partial charge in [0.25, 0.3) is 0 Å². The van der Waals surface area contributed by atoms with Crippen molar-refractivity contribution in [2.75, 3.05) is 32.0 Å². The predicted molar refractivity (Wildman–Crippen MR) is 63.1 cm³/mol. The molecule has 1 aromatic heterocycles. The molecule has 1 fully saturated rings. The highest BCUT2D eigenvalue weighted by molar-refractivity contribution is 5.23. The average molecular weight is 224 g/mol. The van der Waals surface area contributed by atoms with Crippen molar-refractivity contribution in [1.29, 1.82) is 0 Å². The van der Waals surface area contributed by atoms with Crippen molar-refractivity contribution in [2.45, 2.75) is 26.4 Å². The highest BCUT2D eigenvalue weighted by Crippen LogP contribution is 2.17. The van der Waals surface area contributed by atoms with Gasteiger partial charge < -0.3 is 15.0 Å². The Labute approximate surface area is 96.2 Å². The van der Waals surface area contributed by atoms with Gasteiger partial charge in [-0.05, 0) is 13.8 Å². The van der Waals surface area contributed by atoms with Crippen molar-refractivity contribution in [3.8, 4) is 0 Å². The largest absolute Gasteiger partial charge is 0.379 e. The monoisotopic (exact) mass is 224 g/mol. The minimum Gasteiger partial charge on any atom is -0.379 e. The van der Waals surface area contributed by atoms with Crippen LogP contribution in [-0.2, 0) is 11.3 Å². The van der Waals surface area contributed by atoms with Gasteiger partial charge in [0.05, 0.1) is 25.1 Å². The number of rotatable bonds is 3. The number of morpholine rings is 1. The van der Waals surface area contributed by atoms with Crippen LogP contribution in [0, 0.1) is 0 Å². The molecule has 0 bridgehead atoms. The molecule has 0 saturated carbocycles. The summed E-state index contributed by atoms with van der Waals surface area (Å²) in [6.07, 6.45) is 1.88. The van der Waals surface area contributed by atoms with Crippen LogP contribution in [0.3, 0.4) is 0 Å². The van der Waals surface area contributed by atoms with E-state index in [0.29, 0.717) is 12.0 Å². The predicted octanol–water partition coefficient (Wildman–Crippen LogP) is 0.878. The second-order valence-corrected chi connectivity index (χ2v) is 4.46. The van der Waals surface area contributed by atoms with Crippen LogP contribution in [-0.4, -0.2) is 40.8 Å². The molecule has 2 rings (SSSR count). The fraction of sp³-hybridized carbons (Fsp3) is 0.727. The first-order valence-electron chi connectivity index (χ1n) is 5.80. The maximum atomic E-state index is 5.86. The van der Waals surface area contributed by atoms with Crippen molar-refractivity contribution in [1.82, 2.24) is 14.5 Å². The third-order valence-corrected chi connectivity index (χ3v) is 2.91. The molecule has 16 heavy (non-hydrogen) atoms. The summed E-state index contributed by atoms with van der Waals surface area (Å²) in [6.45, 7) is 8.79. The second kappa shape index (κ2) is 4.84. The van der Waals surface area contributed by atoms with E-state index in [1.165, 1.54) is 5.69 Å². The number of ether oxygens (including phenoxy) is 1. The molecule has 2 N–H and O–H groups in total. The number of nitrogens with zero attached hydrogens (tertiary/aromatic N) is 3. The first kappa shape index (κ1) is 11.4. The van der Waals surface area contributed by atoms with Crippen LogP contribution in [0.25, 0.3) is 0 Å². The number of nitrogens with two attached hydrogens (primary N) is 1. The fourth-order valence-corrected chi connectivity index (χ4v) is 2.11. The first-order valence-corrected chi connectivity index (χ1v) is 5.80. The zero-order chi connectivity index (χ0) is 11.5. The second-order valence-electron chi connectivity index (χ2n) is 4.46. The Hall–Kier alpha value is -1.07. The van der Waals surface area contributed by atoms with E-state index in [9.17, 15) is 0 Å². The summed E-state index contributed by atoms with van der Waals surface area (Å²) >= 11 is 0. The summed E-state index contributed by atoms with van der Waals surface area (Å²) in [7, 11) is 0. The minimum absolute atomic E-state index is 0.360. The van der Waals surface area contributed by atoms with Crippen LogP contribution in [0.4, 0.5) is 5.95 Å². The average Bonchev–Trinajstić information content (AvgIpc) is 2.61. The summed E-state index contributed by atoms with van der Waals surface area (Å²) < 4.78 is 7.42. The summed E-state index contributed by atoms with van der Waals surface area (Å²) in [6, 6.07) is 0.360. The fourth-order valence-electron chi connectivity index (χ4n) is 2.11. The van der Waals surface area contributed by atoms with Crippen molar-refractivity contribution in [3.63, 3.8) is 0 Å². The lowest BCUT2D eigenvalue weighted by atomic mass is 10.3. The standard InChI is InChI=1S/C11H20N4O/c1-9(2)15-10(7-13-11(15)12)8-14-3-5-16-6-4-14/h7,9H,3-6,8H2,1-2H3,(H2,12,13). The Balaban J connectivity index is 2.08. The van der Waals surface area contributed by atoms with Crippen LogP contribution in [0.5, 0.6) is 0 Å². The summed E-state index contributed by atoms with van der Waals surface area (Å²) in [5.41, 5.74) is 7.05. The molecule has 2 heterocycles. The number of aromatic nitrogens is 2. The molecule has 0 spiro atoms. The molecular formula is C11H20N4O. The molecule has 1 aromatic rings. The number of anilines is 1. The van der Waals surface area contributed by atoms with E-state index >= 15 is 0 Å². The van der Waals surface area contributed by atoms with E-state index in [0.717, 1.165) is 32.8 Å². The molecule has 0 aromatic carbocycles. The van der Waals surface area contributed by atoms with E-state index in [4.69, 9.17) is 10.5 Å². The topological polar surface area (TPSA) is 56.3 Å². The van der Waals surface area contributed by atoms with E-state index in [1.54, 1.807) is 0 Å². The molecule has 0 unspecified atom stereocenters. The SMILES string of the molecule is CC(C)n1c(CN2CCOCC2)cnc1N. The van der Waals surface area contributed by atoms with E-state index in [-0.39, 0.29) is 0 Å². The van der Waals surface area contributed by atoms with Crippen molar-refractivity contribution in [3.05, 3.63) is 11.9 Å². The molecule has 5 nitrogen and oxygen atoms in total. The Morgan fingerprint density at radius 2 is 2.12 bits per heavy atom. The van der Waals surface area contributed by atoms with Crippen molar-refractivity contribution < 1.29 is 4.74 Å². The van der Waals surface area contributed by atoms with E-state index in [1.807, 2.05) is 6.20 Å². The van der Waals surface area contributed by atoms with Gasteiger partial charge in [-0.3, -0.25) is 4.90 Å². The maximum absolute atomic E-state index is 5.86. The highest BCUT2D eigenvalue weighted by atomic mass is 16.5. The number of hydrogen-bond acceptors (Lipinski definition) is 4. The number of hydrogen-bond donors (Lipinski definition) is 1. The van der Waals surface area contributed by atoms with Gasteiger partial charge in [0, 0.05) is 25.7 Å². The van der Waals surface area contributed by atoms with Gasteiger partial charge in [-0.25, -0.2) is 4.98 Å². The van der Waals surface area contributed by atoms with Crippen LogP contribution >= 0.6 is 0 Å². The van der Waals surface area contributed by atoms with Gasteiger partial charge in [0.2, 0.25) is 5.95 Å². The van der Waals surface area contributed by atoms with Gasteiger partial charge in [0.15, 0.2) is 0 Å². The summed E-state index contributed by atoms with van der Waals surface area (Å²) in [4.78, 5) is 6.56. The summed E-state index contributed by atoms with van der Waals surface area (Å²) in [5, 5.41) is 0. The van der Waals surface area contributed by atoms with E-state index in [2.05, 4.69) is 28.3 Å². The van der Waals surface area contributed by atoms with Crippen molar-refractivity contribution >= 4 is 5.95 Å². The molecule has 1 aliphatic heterocycles. The van der Waals surface area contributed by atoms with Gasteiger partial charge in [-0.1, -0.05) is 0 Å². The van der Waals surface area contributed by atoms with Crippen LogP contribution in [0.15, 0.2) is 6.20 Å². The van der Waals surface area contributed by atoms with Crippen LogP contribution < -0.4 is 5.73 Å². The van der Waals surface area contributed by atoms with Crippen LogP contribution in [0.1, 0.15) is 25.6 Å². The molecule has 90 valence electrons. The first-order chi connectivity index (χ1) is 7.68. The van der Waals surface area contributed by atoms with Crippen LogP contribution in [0.2, 0.25) is 0 Å².